The third-order valence-electron chi connectivity index (χ3n) is 3.18. The lowest BCUT2D eigenvalue weighted by atomic mass is 9.89. The molecule has 0 bridgehead atoms. The number of carbonyl (C=O) groups excluding carboxylic acids is 1. The molecule has 0 aromatic rings. The molecule has 1 saturated heterocycles. The summed E-state index contributed by atoms with van der Waals surface area (Å²) in [6.07, 6.45) is 0.187. The molecule has 1 N–H and O–H groups in total. The van der Waals surface area contributed by atoms with Crippen molar-refractivity contribution >= 4 is 12.1 Å². The van der Waals surface area contributed by atoms with Gasteiger partial charge in [0.25, 0.3) is 0 Å². The molecule has 2 atom stereocenters. The van der Waals surface area contributed by atoms with Crippen molar-refractivity contribution in [3.63, 3.8) is 0 Å². The quantitative estimate of drug-likeness (QED) is 0.824. The zero-order chi connectivity index (χ0) is 14.1. The van der Waals surface area contributed by atoms with Crippen molar-refractivity contribution < 1.29 is 19.4 Å². The van der Waals surface area contributed by atoms with Crippen molar-refractivity contribution in [2.45, 2.75) is 52.7 Å². The maximum atomic E-state index is 12.0. The van der Waals surface area contributed by atoms with Gasteiger partial charge in [-0.15, -0.1) is 0 Å². The Labute approximate surface area is 108 Å². The van der Waals surface area contributed by atoms with E-state index in [1.165, 1.54) is 4.90 Å². The van der Waals surface area contributed by atoms with Gasteiger partial charge in [-0.1, -0.05) is 13.8 Å². The Kier molecular flexibility index (Phi) is 4.24. The fraction of sp³-hybridized carbons (Fsp3) is 0.846. The molecule has 0 aromatic heterocycles. The van der Waals surface area contributed by atoms with E-state index in [2.05, 4.69) is 0 Å². The second-order valence-corrected chi connectivity index (χ2v) is 6.15. The van der Waals surface area contributed by atoms with Gasteiger partial charge in [-0.05, 0) is 39.0 Å². The molecule has 0 aromatic carbocycles. The SMILES string of the molecule is CC(C)[C@H]1CCN(C(=O)OC(C)(C)C)[C@@H]1C(=O)O. The van der Waals surface area contributed by atoms with Crippen LogP contribution < -0.4 is 0 Å². The topological polar surface area (TPSA) is 66.8 Å². The van der Waals surface area contributed by atoms with Crippen LogP contribution in [0.5, 0.6) is 0 Å². The molecule has 1 amide bonds. The van der Waals surface area contributed by atoms with E-state index in [4.69, 9.17) is 4.74 Å². The van der Waals surface area contributed by atoms with Crippen LogP contribution in [0.4, 0.5) is 4.79 Å². The standard InChI is InChI=1S/C13H23NO4/c1-8(2)9-6-7-14(10(9)11(15)16)12(17)18-13(3,4)5/h8-10H,6-7H2,1-5H3,(H,15,16)/t9-,10+/m1/s1. The molecular formula is C13H23NO4. The molecule has 5 heteroatoms. The molecule has 0 spiro atoms. The van der Waals surface area contributed by atoms with E-state index < -0.39 is 23.7 Å². The number of amides is 1. The molecular weight excluding hydrogens is 234 g/mol. The highest BCUT2D eigenvalue weighted by atomic mass is 16.6. The third-order valence-corrected chi connectivity index (χ3v) is 3.18. The molecule has 0 saturated carbocycles. The average molecular weight is 257 g/mol. The highest BCUT2D eigenvalue weighted by Crippen LogP contribution is 2.31. The summed E-state index contributed by atoms with van der Waals surface area (Å²) in [6, 6.07) is -0.764. The maximum absolute atomic E-state index is 12.0. The lowest BCUT2D eigenvalue weighted by Gasteiger charge is -2.29. The number of likely N-dealkylation sites (tertiary alicyclic amines) is 1. The van der Waals surface area contributed by atoms with Gasteiger partial charge in [-0.25, -0.2) is 9.59 Å². The first-order valence-electron chi connectivity index (χ1n) is 6.36. The van der Waals surface area contributed by atoms with Crippen LogP contribution in [0.15, 0.2) is 0 Å². The van der Waals surface area contributed by atoms with Crippen molar-refractivity contribution in [3.05, 3.63) is 0 Å². The molecule has 104 valence electrons. The zero-order valence-corrected chi connectivity index (χ0v) is 11.8. The van der Waals surface area contributed by atoms with Gasteiger partial charge in [0.15, 0.2) is 0 Å². The monoisotopic (exact) mass is 257 g/mol. The van der Waals surface area contributed by atoms with E-state index in [9.17, 15) is 14.7 Å². The minimum absolute atomic E-state index is 0.00461. The van der Waals surface area contributed by atoms with Crippen LogP contribution in [0.25, 0.3) is 0 Å². The molecule has 1 aliphatic heterocycles. The molecule has 1 aliphatic rings. The fourth-order valence-corrected chi connectivity index (χ4v) is 2.36. The zero-order valence-electron chi connectivity index (χ0n) is 11.8. The minimum Gasteiger partial charge on any atom is -0.480 e. The highest BCUT2D eigenvalue weighted by molar-refractivity contribution is 5.81. The van der Waals surface area contributed by atoms with Crippen molar-refractivity contribution in [1.82, 2.24) is 4.90 Å². The van der Waals surface area contributed by atoms with E-state index in [1.54, 1.807) is 20.8 Å². The lowest BCUT2D eigenvalue weighted by molar-refractivity contribution is -0.143. The molecule has 0 aliphatic carbocycles. The molecule has 18 heavy (non-hydrogen) atoms. The Morgan fingerprint density at radius 1 is 1.33 bits per heavy atom. The van der Waals surface area contributed by atoms with Gasteiger partial charge in [0, 0.05) is 6.54 Å². The van der Waals surface area contributed by atoms with Gasteiger partial charge in [-0.3, -0.25) is 4.90 Å². The Bertz CT molecular complexity index is 332. The predicted octanol–water partition coefficient (Wildman–Crippen LogP) is 2.35. The fourth-order valence-electron chi connectivity index (χ4n) is 2.36. The van der Waals surface area contributed by atoms with Gasteiger partial charge in [-0.2, -0.15) is 0 Å². The smallest absolute Gasteiger partial charge is 0.411 e. The van der Waals surface area contributed by atoms with Crippen LogP contribution in [0, 0.1) is 11.8 Å². The maximum Gasteiger partial charge on any atom is 0.411 e. The van der Waals surface area contributed by atoms with E-state index in [0.717, 1.165) is 0 Å². The van der Waals surface area contributed by atoms with Crippen LogP contribution in [0.2, 0.25) is 0 Å². The van der Waals surface area contributed by atoms with Crippen LogP contribution in [-0.4, -0.2) is 40.3 Å². The Morgan fingerprint density at radius 2 is 1.89 bits per heavy atom. The Hall–Kier alpha value is -1.26. The van der Waals surface area contributed by atoms with Gasteiger partial charge >= 0.3 is 12.1 Å². The van der Waals surface area contributed by atoms with E-state index >= 15 is 0 Å². The number of hydrogen-bond donors (Lipinski definition) is 1. The first kappa shape index (κ1) is 14.8. The first-order chi connectivity index (χ1) is 8.13. The van der Waals surface area contributed by atoms with Crippen LogP contribution in [0.1, 0.15) is 41.0 Å². The predicted molar refractivity (Wildman–Crippen MR) is 67.3 cm³/mol. The Morgan fingerprint density at radius 3 is 2.28 bits per heavy atom. The number of hydrogen-bond acceptors (Lipinski definition) is 3. The summed E-state index contributed by atoms with van der Waals surface area (Å²) in [5.41, 5.74) is -0.601. The molecule has 0 radical (unpaired) electrons. The van der Waals surface area contributed by atoms with E-state index in [0.29, 0.717) is 13.0 Å². The first-order valence-corrected chi connectivity index (χ1v) is 6.36. The van der Waals surface area contributed by atoms with Crippen LogP contribution in [0.3, 0.4) is 0 Å². The normalized spacial score (nSPS) is 24.4. The summed E-state index contributed by atoms with van der Waals surface area (Å²) in [5, 5.41) is 9.30. The molecule has 5 nitrogen and oxygen atoms in total. The van der Waals surface area contributed by atoms with Gasteiger partial charge in [0.1, 0.15) is 11.6 Å². The average Bonchev–Trinajstić information content (AvgIpc) is 2.58. The number of carbonyl (C=O) groups is 2. The summed E-state index contributed by atoms with van der Waals surface area (Å²) < 4.78 is 5.25. The highest BCUT2D eigenvalue weighted by Gasteiger charge is 2.44. The second-order valence-electron chi connectivity index (χ2n) is 6.15. The number of aliphatic carboxylic acids is 1. The number of rotatable bonds is 2. The second kappa shape index (κ2) is 5.16. The molecule has 1 fully saturated rings. The number of ether oxygens (including phenoxy) is 1. The van der Waals surface area contributed by atoms with Crippen molar-refractivity contribution in [1.29, 1.82) is 0 Å². The minimum atomic E-state index is -0.947. The molecule has 1 heterocycles. The number of carboxylic acids is 1. The summed E-state index contributed by atoms with van der Waals surface area (Å²) in [6.45, 7) is 9.75. The van der Waals surface area contributed by atoms with Crippen molar-refractivity contribution in [2.24, 2.45) is 11.8 Å². The molecule has 1 rings (SSSR count). The van der Waals surface area contributed by atoms with Gasteiger partial charge in [0.2, 0.25) is 0 Å². The van der Waals surface area contributed by atoms with Crippen molar-refractivity contribution in [2.75, 3.05) is 6.54 Å². The van der Waals surface area contributed by atoms with Gasteiger partial charge < -0.3 is 9.84 Å². The number of carboxylic acid groups (broad SMARTS) is 1. The summed E-state index contributed by atoms with van der Waals surface area (Å²) in [4.78, 5) is 24.7. The summed E-state index contributed by atoms with van der Waals surface area (Å²) >= 11 is 0. The van der Waals surface area contributed by atoms with Crippen molar-refractivity contribution in [3.8, 4) is 0 Å². The van der Waals surface area contributed by atoms with Gasteiger partial charge in [0.05, 0.1) is 0 Å². The van der Waals surface area contributed by atoms with E-state index in [-0.39, 0.29) is 11.8 Å². The summed E-state index contributed by atoms with van der Waals surface area (Å²) in [5.74, 6) is -0.717. The van der Waals surface area contributed by atoms with Crippen LogP contribution in [-0.2, 0) is 9.53 Å². The number of nitrogens with zero attached hydrogens (tertiary/aromatic N) is 1. The largest absolute Gasteiger partial charge is 0.480 e. The van der Waals surface area contributed by atoms with Crippen LogP contribution >= 0.6 is 0 Å². The summed E-state index contributed by atoms with van der Waals surface area (Å²) in [7, 11) is 0. The lowest BCUT2D eigenvalue weighted by Crippen LogP contribution is -2.46. The molecule has 0 unspecified atom stereocenters. The van der Waals surface area contributed by atoms with E-state index in [1.807, 2.05) is 13.8 Å². The Balaban J connectivity index is 2.83. The third kappa shape index (κ3) is 3.37.